The van der Waals surface area contributed by atoms with Crippen molar-refractivity contribution >= 4 is 17.6 Å². The standard InChI is InChI=1S/C13H16N4O3/c1-2-9-7-15-17-12(9)16-11(18)3-5-14-13(19)10-4-6-20-8-10/h4,6-8H,2-3,5H2,1H3,(H,14,19)(H2,15,16,17,18). The molecule has 2 heterocycles. The first-order valence-electron chi connectivity index (χ1n) is 6.33. The van der Waals surface area contributed by atoms with Gasteiger partial charge in [0, 0.05) is 18.5 Å². The molecule has 0 aliphatic heterocycles. The van der Waals surface area contributed by atoms with E-state index in [1.807, 2.05) is 6.92 Å². The van der Waals surface area contributed by atoms with Crippen LogP contribution >= 0.6 is 0 Å². The van der Waals surface area contributed by atoms with Gasteiger partial charge in [0.2, 0.25) is 5.91 Å². The first-order chi connectivity index (χ1) is 9.70. The fraction of sp³-hybridized carbons (Fsp3) is 0.308. The average Bonchev–Trinajstić information content (AvgIpc) is 3.09. The lowest BCUT2D eigenvalue weighted by molar-refractivity contribution is -0.116. The van der Waals surface area contributed by atoms with Gasteiger partial charge in [-0.25, -0.2) is 0 Å². The number of H-pyrrole nitrogens is 1. The topological polar surface area (TPSA) is 100 Å². The Labute approximate surface area is 115 Å². The minimum atomic E-state index is -0.262. The monoisotopic (exact) mass is 276 g/mol. The molecule has 0 unspecified atom stereocenters. The number of carbonyl (C=O) groups is 2. The highest BCUT2D eigenvalue weighted by atomic mass is 16.3. The zero-order valence-electron chi connectivity index (χ0n) is 11.1. The van der Waals surface area contributed by atoms with Crippen LogP contribution in [0.5, 0.6) is 0 Å². The van der Waals surface area contributed by atoms with E-state index in [9.17, 15) is 9.59 Å². The molecule has 0 bridgehead atoms. The lowest BCUT2D eigenvalue weighted by Crippen LogP contribution is -2.27. The molecule has 0 saturated carbocycles. The lowest BCUT2D eigenvalue weighted by atomic mass is 10.2. The van der Waals surface area contributed by atoms with Crippen molar-refractivity contribution in [3.05, 3.63) is 35.9 Å². The summed E-state index contributed by atoms with van der Waals surface area (Å²) >= 11 is 0. The van der Waals surface area contributed by atoms with Gasteiger partial charge in [0.1, 0.15) is 12.1 Å². The summed E-state index contributed by atoms with van der Waals surface area (Å²) < 4.78 is 4.81. The van der Waals surface area contributed by atoms with Crippen molar-refractivity contribution in [3.8, 4) is 0 Å². The zero-order chi connectivity index (χ0) is 14.4. The van der Waals surface area contributed by atoms with Crippen molar-refractivity contribution in [3.63, 3.8) is 0 Å². The molecular weight excluding hydrogens is 260 g/mol. The number of anilines is 1. The molecule has 2 rings (SSSR count). The zero-order valence-corrected chi connectivity index (χ0v) is 11.1. The highest BCUT2D eigenvalue weighted by Gasteiger charge is 2.09. The number of aryl methyl sites for hydroxylation is 1. The number of hydrogen-bond acceptors (Lipinski definition) is 4. The van der Waals surface area contributed by atoms with Crippen molar-refractivity contribution in [2.24, 2.45) is 0 Å². The van der Waals surface area contributed by atoms with Crippen LogP contribution in [0.4, 0.5) is 5.82 Å². The molecule has 0 atom stereocenters. The largest absolute Gasteiger partial charge is 0.472 e. The molecule has 0 aromatic carbocycles. The number of nitrogens with zero attached hydrogens (tertiary/aromatic N) is 1. The summed E-state index contributed by atoms with van der Waals surface area (Å²) in [6.07, 6.45) is 5.42. The first-order valence-corrected chi connectivity index (χ1v) is 6.33. The molecule has 0 radical (unpaired) electrons. The number of aromatic nitrogens is 2. The third-order valence-corrected chi connectivity index (χ3v) is 2.78. The van der Waals surface area contributed by atoms with Gasteiger partial charge >= 0.3 is 0 Å². The summed E-state index contributed by atoms with van der Waals surface area (Å²) in [6.45, 7) is 2.23. The Morgan fingerprint density at radius 2 is 2.30 bits per heavy atom. The van der Waals surface area contributed by atoms with Gasteiger partial charge in [0.25, 0.3) is 5.91 Å². The predicted molar refractivity (Wildman–Crippen MR) is 72.3 cm³/mol. The second-order valence-corrected chi connectivity index (χ2v) is 4.19. The number of hydrogen-bond donors (Lipinski definition) is 3. The number of amides is 2. The van der Waals surface area contributed by atoms with Crippen LogP contribution in [0.2, 0.25) is 0 Å². The maximum absolute atomic E-state index is 11.7. The molecule has 0 aliphatic carbocycles. The smallest absolute Gasteiger partial charge is 0.254 e. The summed E-state index contributed by atoms with van der Waals surface area (Å²) in [5.74, 6) is 0.164. The maximum Gasteiger partial charge on any atom is 0.254 e. The van der Waals surface area contributed by atoms with Crippen molar-refractivity contribution in [1.82, 2.24) is 15.5 Å². The van der Waals surface area contributed by atoms with E-state index in [1.165, 1.54) is 12.5 Å². The highest BCUT2D eigenvalue weighted by molar-refractivity contribution is 5.94. The summed E-state index contributed by atoms with van der Waals surface area (Å²) in [6, 6.07) is 1.56. The van der Waals surface area contributed by atoms with Gasteiger partial charge in [0.15, 0.2) is 0 Å². The Hall–Kier alpha value is -2.57. The molecule has 3 N–H and O–H groups in total. The van der Waals surface area contributed by atoms with E-state index in [-0.39, 0.29) is 24.8 Å². The van der Waals surface area contributed by atoms with Crippen LogP contribution in [0.3, 0.4) is 0 Å². The second-order valence-electron chi connectivity index (χ2n) is 4.19. The van der Waals surface area contributed by atoms with E-state index in [0.717, 1.165) is 12.0 Å². The molecule has 0 saturated heterocycles. The van der Waals surface area contributed by atoms with E-state index in [4.69, 9.17) is 4.42 Å². The van der Waals surface area contributed by atoms with Crippen molar-refractivity contribution in [1.29, 1.82) is 0 Å². The fourth-order valence-electron chi connectivity index (χ4n) is 1.67. The van der Waals surface area contributed by atoms with Crippen LogP contribution in [0, 0.1) is 0 Å². The Kier molecular flexibility index (Phi) is 4.54. The minimum Gasteiger partial charge on any atom is -0.472 e. The molecule has 0 spiro atoms. The maximum atomic E-state index is 11.7. The van der Waals surface area contributed by atoms with Crippen LogP contribution in [0.15, 0.2) is 29.2 Å². The molecule has 2 amide bonds. The highest BCUT2D eigenvalue weighted by Crippen LogP contribution is 2.11. The van der Waals surface area contributed by atoms with Crippen LogP contribution in [-0.4, -0.2) is 28.6 Å². The van der Waals surface area contributed by atoms with Gasteiger partial charge in [0.05, 0.1) is 18.0 Å². The first kappa shape index (κ1) is 13.9. The number of carbonyl (C=O) groups excluding carboxylic acids is 2. The molecule has 2 aromatic rings. The van der Waals surface area contributed by atoms with E-state index in [0.29, 0.717) is 11.4 Å². The molecule has 20 heavy (non-hydrogen) atoms. The molecule has 7 nitrogen and oxygen atoms in total. The summed E-state index contributed by atoms with van der Waals surface area (Å²) in [5, 5.41) is 12.0. The number of furan rings is 1. The molecular formula is C13H16N4O3. The third kappa shape index (κ3) is 3.47. The molecule has 7 heteroatoms. The van der Waals surface area contributed by atoms with E-state index in [2.05, 4.69) is 20.8 Å². The molecule has 106 valence electrons. The second kappa shape index (κ2) is 6.55. The normalized spacial score (nSPS) is 10.2. The molecule has 0 fully saturated rings. The summed E-state index contributed by atoms with van der Waals surface area (Å²) in [7, 11) is 0. The third-order valence-electron chi connectivity index (χ3n) is 2.78. The van der Waals surface area contributed by atoms with Gasteiger partial charge in [-0.15, -0.1) is 0 Å². The van der Waals surface area contributed by atoms with Gasteiger partial charge in [-0.2, -0.15) is 5.10 Å². The summed E-state index contributed by atoms with van der Waals surface area (Å²) in [5.41, 5.74) is 1.38. The van der Waals surface area contributed by atoms with Crippen molar-refractivity contribution < 1.29 is 14.0 Å². The van der Waals surface area contributed by atoms with Crippen LogP contribution in [-0.2, 0) is 11.2 Å². The SMILES string of the molecule is CCc1cn[nH]c1NC(=O)CCNC(=O)c1ccoc1. The minimum absolute atomic E-state index is 0.184. The molecule has 2 aromatic heterocycles. The average molecular weight is 276 g/mol. The number of aromatic amines is 1. The Morgan fingerprint density at radius 3 is 3.00 bits per heavy atom. The quantitative estimate of drug-likeness (QED) is 0.740. The Bertz CT molecular complexity index is 574. The van der Waals surface area contributed by atoms with Gasteiger partial charge in [-0.3, -0.25) is 14.7 Å². The van der Waals surface area contributed by atoms with Crippen LogP contribution < -0.4 is 10.6 Å². The van der Waals surface area contributed by atoms with Gasteiger partial charge in [-0.1, -0.05) is 6.92 Å². The van der Waals surface area contributed by atoms with Crippen LogP contribution in [0.25, 0.3) is 0 Å². The Balaban J connectivity index is 1.74. The number of rotatable bonds is 6. The fourth-order valence-corrected chi connectivity index (χ4v) is 1.67. The molecule has 0 aliphatic rings. The van der Waals surface area contributed by atoms with E-state index in [1.54, 1.807) is 12.3 Å². The van der Waals surface area contributed by atoms with E-state index < -0.39 is 0 Å². The predicted octanol–water partition coefficient (Wildman–Crippen LogP) is 1.32. The van der Waals surface area contributed by atoms with E-state index >= 15 is 0 Å². The summed E-state index contributed by atoms with van der Waals surface area (Å²) in [4.78, 5) is 23.3. The lowest BCUT2D eigenvalue weighted by Gasteiger charge is -2.05. The van der Waals surface area contributed by atoms with Gasteiger partial charge < -0.3 is 15.1 Å². The van der Waals surface area contributed by atoms with Crippen LogP contribution in [0.1, 0.15) is 29.3 Å². The Morgan fingerprint density at radius 1 is 1.45 bits per heavy atom. The van der Waals surface area contributed by atoms with Crippen molar-refractivity contribution in [2.75, 3.05) is 11.9 Å². The van der Waals surface area contributed by atoms with Gasteiger partial charge in [-0.05, 0) is 12.5 Å². The van der Waals surface area contributed by atoms with Crippen molar-refractivity contribution in [2.45, 2.75) is 19.8 Å². The number of nitrogens with one attached hydrogen (secondary N) is 3.